The van der Waals surface area contributed by atoms with Gasteiger partial charge in [-0.15, -0.1) is 0 Å². The smallest absolute Gasteiger partial charge is 0.137 e. The van der Waals surface area contributed by atoms with Gasteiger partial charge in [0.25, 0.3) is 0 Å². The molecule has 2 N–H and O–H groups in total. The second kappa shape index (κ2) is 6.29. The molecule has 0 spiro atoms. The topological polar surface area (TPSA) is 35.2 Å². The van der Waals surface area contributed by atoms with Crippen LogP contribution in [0.3, 0.4) is 0 Å². The second-order valence-corrected chi connectivity index (χ2v) is 5.68. The minimum absolute atomic E-state index is 0.0980. The Hall–Kier alpha value is -1.51. The summed E-state index contributed by atoms with van der Waals surface area (Å²) < 4.78 is 5.18. The summed E-state index contributed by atoms with van der Waals surface area (Å²) in [6.07, 6.45) is 0.844. The highest BCUT2D eigenvalue weighted by atomic mass is 35.5. The third-order valence-electron chi connectivity index (χ3n) is 3.73. The van der Waals surface area contributed by atoms with Gasteiger partial charge in [-0.05, 0) is 29.7 Å². The minimum Gasteiger partial charge on any atom is -0.495 e. The van der Waals surface area contributed by atoms with Crippen LogP contribution in [0.2, 0.25) is 5.02 Å². The molecular formula is C17H20ClNO. The van der Waals surface area contributed by atoms with E-state index >= 15 is 0 Å². The molecule has 1 unspecified atom stereocenters. The average Bonchev–Trinajstić information content (AvgIpc) is 2.48. The van der Waals surface area contributed by atoms with Crippen molar-refractivity contribution in [1.29, 1.82) is 0 Å². The molecule has 2 rings (SSSR count). The molecule has 2 aromatic carbocycles. The molecule has 0 aliphatic rings. The van der Waals surface area contributed by atoms with Gasteiger partial charge < -0.3 is 10.5 Å². The number of rotatable bonds is 5. The van der Waals surface area contributed by atoms with E-state index in [4.69, 9.17) is 22.1 Å². The van der Waals surface area contributed by atoms with Crippen LogP contribution in [0.5, 0.6) is 5.75 Å². The Balaban J connectivity index is 2.28. The highest BCUT2D eigenvalue weighted by Crippen LogP contribution is 2.31. The molecule has 2 aromatic rings. The van der Waals surface area contributed by atoms with E-state index in [0.29, 0.717) is 17.3 Å². The van der Waals surface area contributed by atoms with Crippen molar-refractivity contribution >= 4 is 11.6 Å². The fourth-order valence-corrected chi connectivity index (χ4v) is 2.68. The Morgan fingerprint density at radius 2 is 1.85 bits per heavy atom. The quantitative estimate of drug-likeness (QED) is 0.908. The maximum absolute atomic E-state index is 6.19. The standard InChI is InChI=1S/C17H20ClNO/c1-17(12-19,14-6-4-3-5-7-14)11-13-8-9-16(20-2)15(18)10-13/h3-10H,11-12,19H2,1-2H3. The molecule has 20 heavy (non-hydrogen) atoms. The molecule has 0 aromatic heterocycles. The first kappa shape index (κ1) is 14.9. The van der Waals surface area contributed by atoms with Crippen LogP contribution in [0.15, 0.2) is 48.5 Å². The summed E-state index contributed by atoms with van der Waals surface area (Å²) in [5.41, 5.74) is 8.33. The first-order valence-electron chi connectivity index (χ1n) is 6.67. The molecule has 1 atom stereocenters. The third-order valence-corrected chi connectivity index (χ3v) is 4.03. The van der Waals surface area contributed by atoms with E-state index in [1.807, 2.05) is 36.4 Å². The van der Waals surface area contributed by atoms with Crippen molar-refractivity contribution in [2.75, 3.05) is 13.7 Å². The maximum Gasteiger partial charge on any atom is 0.137 e. The van der Waals surface area contributed by atoms with E-state index in [1.165, 1.54) is 5.56 Å². The number of hydrogen-bond donors (Lipinski definition) is 1. The summed E-state index contributed by atoms with van der Waals surface area (Å²) in [6.45, 7) is 2.77. The summed E-state index contributed by atoms with van der Waals surface area (Å²) in [6, 6.07) is 16.3. The van der Waals surface area contributed by atoms with Gasteiger partial charge in [0, 0.05) is 12.0 Å². The Morgan fingerprint density at radius 3 is 2.40 bits per heavy atom. The van der Waals surface area contributed by atoms with Gasteiger partial charge in [0.2, 0.25) is 0 Å². The molecular weight excluding hydrogens is 270 g/mol. The van der Waals surface area contributed by atoms with Crippen LogP contribution < -0.4 is 10.5 Å². The summed E-state index contributed by atoms with van der Waals surface area (Å²) in [4.78, 5) is 0. The van der Waals surface area contributed by atoms with Crippen LogP contribution in [0.1, 0.15) is 18.1 Å². The average molecular weight is 290 g/mol. The molecule has 0 saturated heterocycles. The number of nitrogens with two attached hydrogens (primary N) is 1. The SMILES string of the molecule is COc1ccc(CC(C)(CN)c2ccccc2)cc1Cl. The highest BCUT2D eigenvalue weighted by Gasteiger charge is 2.25. The third kappa shape index (κ3) is 3.14. The van der Waals surface area contributed by atoms with E-state index in [1.54, 1.807) is 7.11 Å². The first-order chi connectivity index (χ1) is 9.59. The van der Waals surface area contributed by atoms with Crippen LogP contribution >= 0.6 is 11.6 Å². The van der Waals surface area contributed by atoms with E-state index in [-0.39, 0.29) is 5.41 Å². The van der Waals surface area contributed by atoms with Crippen molar-refractivity contribution in [2.24, 2.45) is 5.73 Å². The van der Waals surface area contributed by atoms with Gasteiger partial charge in [0.1, 0.15) is 5.75 Å². The Kier molecular flexibility index (Phi) is 4.69. The molecule has 0 heterocycles. The molecule has 0 aliphatic carbocycles. The summed E-state index contributed by atoms with van der Waals surface area (Å²) in [7, 11) is 1.62. The highest BCUT2D eigenvalue weighted by molar-refractivity contribution is 6.32. The van der Waals surface area contributed by atoms with Gasteiger partial charge in [0.15, 0.2) is 0 Å². The summed E-state index contributed by atoms with van der Waals surface area (Å²) >= 11 is 6.19. The lowest BCUT2D eigenvalue weighted by atomic mass is 9.77. The van der Waals surface area contributed by atoms with Gasteiger partial charge in [-0.1, -0.05) is 54.9 Å². The zero-order valence-corrected chi connectivity index (χ0v) is 12.7. The van der Waals surface area contributed by atoms with Crippen molar-refractivity contribution in [1.82, 2.24) is 0 Å². The van der Waals surface area contributed by atoms with Crippen LogP contribution in [-0.4, -0.2) is 13.7 Å². The molecule has 0 saturated carbocycles. The number of methoxy groups -OCH3 is 1. The van der Waals surface area contributed by atoms with Crippen molar-refractivity contribution in [3.05, 3.63) is 64.7 Å². The van der Waals surface area contributed by atoms with Crippen molar-refractivity contribution in [3.63, 3.8) is 0 Å². The van der Waals surface area contributed by atoms with Crippen molar-refractivity contribution < 1.29 is 4.74 Å². The lowest BCUT2D eigenvalue weighted by Crippen LogP contribution is -2.34. The molecule has 3 heteroatoms. The molecule has 0 fully saturated rings. The molecule has 0 radical (unpaired) electrons. The maximum atomic E-state index is 6.19. The van der Waals surface area contributed by atoms with Crippen molar-refractivity contribution in [3.8, 4) is 5.75 Å². The predicted molar refractivity (Wildman–Crippen MR) is 84.6 cm³/mol. The fourth-order valence-electron chi connectivity index (χ4n) is 2.40. The number of hydrogen-bond acceptors (Lipinski definition) is 2. The zero-order valence-electron chi connectivity index (χ0n) is 11.9. The minimum atomic E-state index is -0.0980. The van der Waals surface area contributed by atoms with E-state index in [2.05, 4.69) is 19.1 Å². The van der Waals surface area contributed by atoms with Crippen molar-refractivity contribution in [2.45, 2.75) is 18.8 Å². The van der Waals surface area contributed by atoms with E-state index in [0.717, 1.165) is 12.0 Å². The number of ether oxygens (including phenoxy) is 1. The van der Waals surface area contributed by atoms with Gasteiger partial charge >= 0.3 is 0 Å². The molecule has 106 valence electrons. The zero-order chi connectivity index (χ0) is 14.6. The van der Waals surface area contributed by atoms with Gasteiger partial charge in [-0.25, -0.2) is 0 Å². The monoisotopic (exact) mass is 289 g/mol. The van der Waals surface area contributed by atoms with Gasteiger partial charge in [0.05, 0.1) is 12.1 Å². The molecule has 2 nitrogen and oxygen atoms in total. The first-order valence-corrected chi connectivity index (χ1v) is 7.05. The van der Waals surface area contributed by atoms with Gasteiger partial charge in [-0.2, -0.15) is 0 Å². The number of halogens is 1. The molecule has 0 amide bonds. The van der Waals surface area contributed by atoms with E-state index in [9.17, 15) is 0 Å². The number of benzene rings is 2. The van der Waals surface area contributed by atoms with Gasteiger partial charge in [-0.3, -0.25) is 0 Å². The van der Waals surface area contributed by atoms with Crippen LogP contribution in [0.4, 0.5) is 0 Å². The molecule has 0 aliphatic heterocycles. The Bertz CT molecular complexity index is 570. The lowest BCUT2D eigenvalue weighted by molar-refractivity contribution is 0.414. The molecule has 0 bridgehead atoms. The lowest BCUT2D eigenvalue weighted by Gasteiger charge is -2.29. The fraction of sp³-hybridized carbons (Fsp3) is 0.294. The second-order valence-electron chi connectivity index (χ2n) is 5.28. The largest absolute Gasteiger partial charge is 0.495 e. The predicted octanol–water partition coefficient (Wildman–Crippen LogP) is 3.81. The van der Waals surface area contributed by atoms with Crippen LogP contribution in [0, 0.1) is 0 Å². The van der Waals surface area contributed by atoms with E-state index < -0.39 is 0 Å². The Morgan fingerprint density at radius 1 is 1.15 bits per heavy atom. The van der Waals surface area contributed by atoms with Crippen LogP contribution in [0.25, 0.3) is 0 Å². The Labute approximate surface area is 125 Å². The van der Waals surface area contributed by atoms with Crippen LogP contribution in [-0.2, 0) is 11.8 Å². The normalized spacial score (nSPS) is 13.8. The summed E-state index contributed by atoms with van der Waals surface area (Å²) in [5.74, 6) is 0.699. The summed E-state index contributed by atoms with van der Waals surface area (Å²) in [5, 5.41) is 0.637.